The summed E-state index contributed by atoms with van der Waals surface area (Å²) in [5.41, 5.74) is 8.22. The van der Waals surface area contributed by atoms with E-state index in [-0.39, 0.29) is 23.5 Å². The molecule has 1 aromatic carbocycles. The number of carbonyl (C=O) groups excluding carboxylic acids is 2. The SMILES string of the molecule is Cc1cc(C)cc(N2C(=O)CC(SCCN)C2=O)c1. The third-order valence-corrected chi connectivity index (χ3v) is 4.25. The first-order valence-electron chi connectivity index (χ1n) is 6.29. The molecule has 5 heteroatoms. The molecule has 4 nitrogen and oxygen atoms in total. The van der Waals surface area contributed by atoms with Crippen LogP contribution in [-0.4, -0.2) is 29.4 Å². The van der Waals surface area contributed by atoms with Crippen LogP contribution >= 0.6 is 11.8 Å². The van der Waals surface area contributed by atoms with Crippen molar-refractivity contribution in [3.05, 3.63) is 29.3 Å². The highest BCUT2D eigenvalue weighted by Gasteiger charge is 2.39. The zero-order valence-electron chi connectivity index (χ0n) is 11.2. The smallest absolute Gasteiger partial charge is 0.247 e. The van der Waals surface area contributed by atoms with Crippen LogP contribution in [0.1, 0.15) is 17.5 Å². The number of rotatable bonds is 4. The van der Waals surface area contributed by atoms with Gasteiger partial charge in [0.1, 0.15) is 0 Å². The van der Waals surface area contributed by atoms with Crippen molar-refractivity contribution in [2.75, 3.05) is 17.2 Å². The zero-order chi connectivity index (χ0) is 14.0. The minimum absolute atomic E-state index is 0.117. The molecule has 0 radical (unpaired) electrons. The van der Waals surface area contributed by atoms with Gasteiger partial charge in [0.2, 0.25) is 11.8 Å². The van der Waals surface area contributed by atoms with Gasteiger partial charge in [0.05, 0.1) is 10.9 Å². The summed E-state index contributed by atoms with van der Waals surface area (Å²) in [6, 6.07) is 5.77. The van der Waals surface area contributed by atoms with Crippen LogP contribution in [0.3, 0.4) is 0 Å². The Balaban J connectivity index is 2.24. The van der Waals surface area contributed by atoms with Crippen LogP contribution in [0.5, 0.6) is 0 Å². The second-order valence-corrected chi connectivity index (χ2v) is 6.08. The lowest BCUT2D eigenvalue weighted by Gasteiger charge is -2.16. The molecule has 102 valence electrons. The van der Waals surface area contributed by atoms with Crippen LogP contribution in [0.15, 0.2) is 18.2 Å². The van der Waals surface area contributed by atoms with Gasteiger partial charge in [-0.15, -0.1) is 11.8 Å². The number of nitrogens with two attached hydrogens (primary N) is 1. The Hall–Kier alpha value is -1.33. The number of thioether (sulfide) groups is 1. The Labute approximate surface area is 117 Å². The number of hydrogen-bond donors (Lipinski definition) is 1. The molecule has 0 aromatic heterocycles. The molecule has 1 aromatic rings. The van der Waals surface area contributed by atoms with Gasteiger partial charge in [-0.1, -0.05) is 6.07 Å². The molecule has 0 saturated carbocycles. The third kappa shape index (κ3) is 2.98. The topological polar surface area (TPSA) is 63.4 Å². The summed E-state index contributed by atoms with van der Waals surface area (Å²) >= 11 is 1.47. The molecule has 2 N–H and O–H groups in total. The largest absolute Gasteiger partial charge is 0.330 e. The molecule has 1 atom stereocenters. The normalized spacial score (nSPS) is 19.3. The number of amides is 2. The molecule has 1 heterocycles. The highest BCUT2D eigenvalue weighted by Crippen LogP contribution is 2.30. The van der Waals surface area contributed by atoms with Crippen molar-refractivity contribution in [1.82, 2.24) is 0 Å². The lowest BCUT2D eigenvalue weighted by Crippen LogP contribution is -2.31. The predicted octanol–water partition coefficient (Wildman–Crippen LogP) is 1.63. The average molecular weight is 278 g/mol. The lowest BCUT2D eigenvalue weighted by atomic mass is 10.1. The first kappa shape index (κ1) is 14.1. The number of aryl methyl sites for hydroxylation is 2. The molecule has 2 amide bonds. The molecular weight excluding hydrogens is 260 g/mol. The summed E-state index contributed by atoms with van der Waals surface area (Å²) in [5, 5.41) is -0.281. The summed E-state index contributed by atoms with van der Waals surface area (Å²) in [6.07, 6.45) is 0.274. The molecule has 19 heavy (non-hydrogen) atoms. The van der Waals surface area contributed by atoms with Crippen molar-refractivity contribution in [3.8, 4) is 0 Å². The van der Waals surface area contributed by atoms with Gasteiger partial charge >= 0.3 is 0 Å². The summed E-state index contributed by atoms with van der Waals surface area (Å²) in [7, 11) is 0. The van der Waals surface area contributed by atoms with Gasteiger partial charge in [-0.05, 0) is 37.1 Å². The first-order valence-corrected chi connectivity index (χ1v) is 7.34. The van der Waals surface area contributed by atoms with Crippen LogP contribution in [0.25, 0.3) is 0 Å². The van der Waals surface area contributed by atoms with Crippen LogP contribution in [0.4, 0.5) is 5.69 Å². The zero-order valence-corrected chi connectivity index (χ0v) is 12.0. The molecule has 0 bridgehead atoms. The Morgan fingerprint density at radius 2 is 1.89 bits per heavy atom. The number of benzene rings is 1. The van der Waals surface area contributed by atoms with Crippen molar-refractivity contribution in [3.63, 3.8) is 0 Å². The van der Waals surface area contributed by atoms with Crippen molar-refractivity contribution in [2.45, 2.75) is 25.5 Å². The second kappa shape index (κ2) is 5.75. The number of nitrogens with zero attached hydrogens (tertiary/aromatic N) is 1. The van der Waals surface area contributed by atoms with E-state index >= 15 is 0 Å². The molecule has 1 aliphatic heterocycles. The Bertz CT molecular complexity index is 496. The fraction of sp³-hybridized carbons (Fsp3) is 0.429. The minimum atomic E-state index is -0.281. The molecule has 0 aliphatic carbocycles. The first-order chi connectivity index (χ1) is 9.02. The predicted molar refractivity (Wildman–Crippen MR) is 78.3 cm³/mol. The van der Waals surface area contributed by atoms with Gasteiger partial charge in [-0.3, -0.25) is 9.59 Å². The van der Waals surface area contributed by atoms with Crippen molar-refractivity contribution < 1.29 is 9.59 Å². The van der Waals surface area contributed by atoms with Gasteiger partial charge in [-0.25, -0.2) is 4.90 Å². The van der Waals surface area contributed by atoms with Crippen LogP contribution in [-0.2, 0) is 9.59 Å². The Morgan fingerprint density at radius 1 is 1.26 bits per heavy atom. The van der Waals surface area contributed by atoms with Gasteiger partial charge in [0.15, 0.2) is 0 Å². The van der Waals surface area contributed by atoms with Crippen LogP contribution in [0, 0.1) is 13.8 Å². The highest BCUT2D eigenvalue weighted by molar-refractivity contribution is 8.00. The van der Waals surface area contributed by atoms with Crippen LogP contribution in [0.2, 0.25) is 0 Å². The molecule has 1 fully saturated rings. The van der Waals surface area contributed by atoms with E-state index in [4.69, 9.17) is 5.73 Å². The van der Waals surface area contributed by atoms with Gasteiger partial charge < -0.3 is 5.73 Å². The van der Waals surface area contributed by atoms with E-state index < -0.39 is 0 Å². The Morgan fingerprint density at radius 3 is 2.47 bits per heavy atom. The van der Waals surface area contributed by atoms with E-state index in [2.05, 4.69) is 0 Å². The molecule has 1 unspecified atom stereocenters. The third-order valence-electron chi connectivity index (χ3n) is 3.01. The monoisotopic (exact) mass is 278 g/mol. The lowest BCUT2D eigenvalue weighted by molar-refractivity contribution is -0.121. The fourth-order valence-corrected chi connectivity index (χ4v) is 3.22. The van der Waals surface area contributed by atoms with Gasteiger partial charge in [0.25, 0.3) is 0 Å². The quantitative estimate of drug-likeness (QED) is 0.850. The van der Waals surface area contributed by atoms with Crippen molar-refractivity contribution in [1.29, 1.82) is 0 Å². The number of hydrogen-bond acceptors (Lipinski definition) is 4. The maximum atomic E-state index is 12.3. The number of imide groups is 1. The second-order valence-electron chi connectivity index (χ2n) is 4.77. The molecule has 1 aliphatic rings. The molecule has 1 saturated heterocycles. The van der Waals surface area contributed by atoms with E-state index in [1.807, 2.05) is 32.0 Å². The van der Waals surface area contributed by atoms with E-state index in [0.717, 1.165) is 11.1 Å². The van der Waals surface area contributed by atoms with E-state index in [9.17, 15) is 9.59 Å². The van der Waals surface area contributed by atoms with Gasteiger partial charge in [0, 0.05) is 18.7 Å². The summed E-state index contributed by atoms with van der Waals surface area (Å²) in [6.45, 7) is 4.44. The number of anilines is 1. The number of carbonyl (C=O) groups is 2. The molecular formula is C14H18N2O2S. The Kier molecular flexibility index (Phi) is 4.27. The minimum Gasteiger partial charge on any atom is -0.330 e. The molecule has 0 spiro atoms. The average Bonchev–Trinajstić information content (AvgIpc) is 2.60. The van der Waals surface area contributed by atoms with E-state index in [1.165, 1.54) is 16.7 Å². The maximum absolute atomic E-state index is 12.3. The van der Waals surface area contributed by atoms with E-state index in [1.54, 1.807) is 0 Å². The highest BCUT2D eigenvalue weighted by atomic mass is 32.2. The van der Waals surface area contributed by atoms with E-state index in [0.29, 0.717) is 18.0 Å². The van der Waals surface area contributed by atoms with Crippen LogP contribution < -0.4 is 10.6 Å². The molecule has 2 rings (SSSR count). The summed E-state index contributed by atoms with van der Waals surface area (Å²) in [5.74, 6) is 0.461. The summed E-state index contributed by atoms with van der Waals surface area (Å²) in [4.78, 5) is 25.6. The summed E-state index contributed by atoms with van der Waals surface area (Å²) < 4.78 is 0. The fourth-order valence-electron chi connectivity index (χ4n) is 2.30. The van der Waals surface area contributed by atoms with Gasteiger partial charge in [-0.2, -0.15) is 0 Å². The maximum Gasteiger partial charge on any atom is 0.247 e. The van der Waals surface area contributed by atoms with Crippen molar-refractivity contribution >= 4 is 29.3 Å². The standard InChI is InChI=1S/C14H18N2O2S/c1-9-5-10(2)7-11(6-9)16-13(17)8-12(14(16)18)19-4-3-15/h5-7,12H,3-4,8,15H2,1-2H3. The van der Waals surface area contributed by atoms with Crippen molar-refractivity contribution in [2.24, 2.45) is 5.73 Å².